The Labute approximate surface area is 122 Å². The van der Waals surface area contributed by atoms with Crippen LogP contribution in [0, 0.1) is 0 Å². The number of rotatable bonds is 3. The molecule has 0 fully saturated rings. The largest absolute Gasteiger partial charge is 0.359 e. The number of carbonyl (C=O) groups is 1. The molecule has 0 spiro atoms. The molecule has 0 unspecified atom stereocenters. The molecular formula is C15H16ClN3O. The lowest BCUT2D eigenvalue weighted by molar-refractivity contribution is -0.130. The number of fused-ring (bicyclic) bond motifs is 1. The Bertz CT molecular complexity index is 662. The van der Waals surface area contributed by atoms with E-state index in [2.05, 4.69) is 16.0 Å². The van der Waals surface area contributed by atoms with Gasteiger partial charge in [-0.25, -0.2) is 0 Å². The molecule has 20 heavy (non-hydrogen) atoms. The first kappa shape index (κ1) is 13.2. The fourth-order valence-electron chi connectivity index (χ4n) is 2.58. The molecule has 1 aliphatic heterocycles. The lowest BCUT2D eigenvalue weighted by Crippen LogP contribution is -2.34. The Kier molecular flexibility index (Phi) is 3.74. The van der Waals surface area contributed by atoms with E-state index in [1.54, 1.807) is 6.20 Å². The molecule has 0 atom stereocenters. The van der Waals surface area contributed by atoms with E-state index in [0.29, 0.717) is 18.8 Å². The van der Waals surface area contributed by atoms with E-state index in [-0.39, 0.29) is 5.91 Å². The SMILES string of the molecule is O=C(CCCl)N1CC=C(c2c[nH]c3cccnc23)CC1. The summed E-state index contributed by atoms with van der Waals surface area (Å²) < 4.78 is 0. The smallest absolute Gasteiger partial charge is 0.224 e. The molecule has 1 amide bonds. The zero-order valence-corrected chi connectivity index (χ0v) is 11.9. The normalized spacial score (nSPS) is 15.4. The first-order valence-corrected chi connectivity index (χ1v) is 7.28. The van der Waals surface area contributed by atoms with Crippen LogP contribution in [0.3, 0.4) is 0 Å². The zero-order chi connectivity index (χ0) is 13.9. The van der Waals surface area contributed by atoms with Crippen LogP contribution in [0.1, 0.15) is 18.4 Å². The van der Waals surface area contributed by atoms with Gasteiger partial charge in [0.15, 0.2) is 0 Å². The van der Waals surface area contributed by atoms with E-state index >= 15 is 0 Å². The number of aromatic amines is 1. The van der Waals surface area contributed by atoms with Gasteiger partial charge in [0.25, 0.3) is 0 Å². The summed E-state index contributed by atoms with van der Waals surface area (Å²) in [6.45, 7) is 1.41. The van der Waals surface area contributed by atoms with E-state index in [0.717, 1.165) is 29.6 Å². The average Bonchev–Trinajstić information content (AvgIpc) is 2.92. The number of nitrogens with one attached hydrogen (secondary N) is 1. The summed E-state index contributed by atoms with van der Waals surface area (Å²) in [5, 5.41) is 0. The summed E-state index contributed by atoms with van der Waals surface area (Å²) in [4.78, 5) is 21.3. The Morgan fingerprint density at radius 1 is 1.50 bits per heavy atom. The van der Waals surface area contributed by atoms with Gasteiger partial charge in [0.05, 0.1) is 11.0 Å². The second-order valence-electron chi connectivity index (χ2n) is 4.86. The maximum atomic E-state index is 11.8. The van der Waals surface area contributed by atoms with Crippen molar-refractivity contribution in [3.05, 3.63) is 36.2 Å². The second kappa shape index (κ2) is 5.67. The van der Waals surface area contributed by atoms with Crippen molar-refractivity contribution in [3.8, 4) is 0 Å². The van der Waals surface area contributed by atoms with Crippen LogP contribution in [0.2, 0.25) is 0 Å². The Morgan fingerprint density at radius 2 is 2.40 bits per heavy atom. The van der Waals surface area contributed by atoms with E-state index in [4.69, 9.17) is 11.6 Å². The minimum absolute atomic E-state index is 0.132. The maximum Gasteiger partial charge on any atom is 0.224 e. The van der Waals surface area contributed by atoms with Crippen molar-refractivity contribution < 1.29 is 4.79 Å². The molecule has 0 aliphatic carbocycles. The maximum absolute atomic E-state index is 11.8. The van der Waals surface area contributed by atoms with Gasteiger partial charge in [-0.05, 0) is 24.1 Å². The Hall–Kier alpha value is -1.81. The van der Waals surface area contributed by atoms with Crippen LogP contribution in [0.25, 0.3) is 16.6 Å². The monoisotopic (exact) mass is 289 g/mol. The minimum Gasteiger partial charge on any atom is -0.359 e. The van der Waals surface area contributed by atoms with Crippen LogP contribution in [0.5, 0.6) is 0 Å². The number of carbonyl (C=O) groups excluding carboxylic acids is 1. The third kappa shape index (κ3) is 2.43. The molecule has 104 valence electrons. The van der Waals surface area contributed by atoms with Crippen LogP contribution in [0.4, 0.5) is 0 Å². The van der Waals surface area contributed by atoms with Gasteiger partial charge in [-0.2, -0.15) is 0 Å². The summed E-state index contributed by atoms with van der Waals surface area (Å²) in [6, 6.07) is 3.94. The Balaban J connectivity index is 1.81. The molecule has 4 nitrogen and oxygen atoms in total. The van der Waals surface area contributed by atoms with Crippen LogP contribution in [-0.4, -0.2) is 39.7 Å². The predicted octanol–water partition coefficient (Wildman–Crippen LogP) is 2.81. The predicted molar refractivity (Wildman–Crippen MR) is 80.6 cm³/mol. The summed E-state index contributed by atoms with van der Waals surface area (Å²) in [5.74, 6) is 0.519. The van der Waals surface area contributed by atoms with Crippen LogP contribution < -0.4 is 0 Å². The first-order chi connectivity index (χ1) is 9.79. The van der Waals surface area contributed by atoms with E-state index in [1.807, 2.05) is 23.2 Å². The van der Waals surface area contributed by atoms with Crippen LogP contribution in [-0.2, 0) is 4.79 Å². The van der Waals surface area contributed by atoms with Crippen LogP contribution >= 0.6 is 11.6 Å². The van der Waals surface area contributed by atoms with E-state index in [9.17, 15) is 4.79 Å². The number of H-pyrrole nitrogens is 1. The lowest BCUT2D eigenvalue weighted by Gasteiger charge is -2.26. The van der Waals surface area contributed by atoms with Gasteiger partial charge >= 0.3 is 0 Å². The standard InChI is InChI=1S/C15H16ClN3O/c16-6-3-14(20)19-8-4-11(5-9-19)12-10-18-13-2-1-7-17-15(12)13/h1-2,4,7,10,18H,3,5-6,8-9H2. The molecule has 3 heterocycles. The molecule has 1 N–H and O–H groups in total. The third-order valence-corrected chi connectivity index (χ3v) is 3.84. The number of alkyl halides is 1. The number of nitrogens with zero attached hydrogens (tertiary/aromatic N) is 2. The molecule has 0 radical (unpaired) electrons. The van der Waals surface area contributed by atoms with Crippen molar-refractivity contribution >= 4 is 34.1 Å². The highest BCUT2D eigenvalue weighted by Gasteiger charge is 2.19. The summed E-state index contributed by atoms with van der Waals surface area (Å²) in [5.41, 5.74) is 4.44. The fourth-order valence-corrected chi connectivity index (χ4v) is 2.74. The third-order valence-electron chi connectivity index (χ3n) is 3.65. The molecule has 0 bridgehead atoms. The second-order valence-corrected chi connectivity index (χ2v) is 5.24. The van der Waals surface area contributed by atoms with Gasteiger partial charge in [0.2, 0.25) is 5.91 Å². The number of hydrogen-bond acceptors (Lipinski definition) is 2. The van der Waals surface area contributed by atoms with Gasteiger partial charge in [0.1, 0.15) is 0 Å². The van der Waals surface area contributed by atoms with Gasteiger partial charge in [-0.3, -0.25) is 9.78 Å². The van der Waals surface area contributed by atoms with Crippen molar-refractivity contribution in [3.63, 3.8) is 0 Å². The summed E-state index contributed by atoms with van der Waals surface area (Å²) in [6.07, 6.45) is 7.20. The topological polar surface area (TPSA) is 49.0 Å². The molecule has 0 aromatic carbocycles. The fraction of sp³-hybridized carbons (Fsp3) is 0.333. The highest BCUT2D eigenvalue weighted by atomic mass is 35.5. The number of amides is 1. The van der Waals surface area contributed by atoms with Gasteiger partial charge in [-0.1, -0.05) is 6.08 Å². The molecular weight excluding hydrogens is 274 g/mol. The molecule has 5 heteroatoms. The lowest BCUT2D eigenvalue weighted by atomic mass is 10.0. The van der Waals surface area contributed by atoms with Gasteiger partial charge in [0, 0.05) is 43.3 Å². The molecule has 2 aromatic rings. The van der Waals surface area contributed by atoms with Gasteiger partial charge < -0.3 is 9.88 Å². The highest BCUT2D eigenvalue weighted by molar-refractivity contribution is 6.18. The molecule has 0 saturated heterocycles. The Morgan fingerprint density at radius 3 is 3.15 bits per heavy atom. The number of aromatic nitrogens is 2. The molecule has 2 aromatic heterocycles. The first-order valence-electron chi connectivity index (χ1n) is 6.75. The number of pyridine rings is 1. The average molecular weight is 290 g/mol. The summed E-state index contributed by atoms with van der Waals surface area (Å²) in [7, 11) is 0. The number of hydrogen-bond donors (Lipinski definition) is 1. The zero-order valence-electron chi connectivity index (χ0n) is 11.1. The quantitative estimate of drug-likeness (QED) is 0.883. The molecule has 0 saturated carbocycles. The molecule has 1 aliphatic rings. The van der Waals surface area contributed by atoms with Crippen molar-refractivity contribution in [1.82, 2.24) is 14.9 Å². The molecule has 3 rings (SSSR count). The van der Waals surface area contributed by atoms with Crippen LogP contribution in [0.15, 0.2) is 30.6 Å². The van der Waals surface area contributed by atoms with E-state index in [1.165, 1.54) is 5.57 Å². The van der Waals surface area contributed by atoms with Gasteiger partial charge in [-0.15, -0.1) is 11.6 Å². The van der Waals surface area contributed by atoms with Crippen molar-refractivity contribution in [1.29, 1.82) is 0 Å². The van der Waals surface area contributed by atoms with Crippen molar-refractivity contribution in [2.75, 3.05) is 19.0 Å². The summed E-state index contributed by atoms with van der Waals surface area (Å²) >= 11 is 5.62. The minimum atomic E-state index is 0.132. The number of halogens is 1. The van der Waals surface area contributed by atoms with Crippen molar-refractivity contribution in [2.24, 2.45) is 0 Å². The highest BCUT2D eigenvalue weighted by Crippen LogP contribution is 2.27. The van der Waals surface area contributed by atoms with E-state index < -0.39 is 0 Å². The van der Waals surface area contributed by atoms with Crippen molar-refractivity contribution in [2.45, 2.75) is 12.8 Å².